The molecule has 3 aromatic heterocycles. The lowest BCUT2D eigenvalue weighted by molar-refractivity contribution is 0.313. The van der Waals surface area contributed by atoms with E-state index in [0.29, 0.717) is 13.1 Å². The maximum Gasteiger partial charge on any atom is 0.246 e. The van der Waals surface area contributed by atoms with Crippen molar-refractivity contribution in [3.8, 4) is 0 Å². The Morgan fingerprint density at radius 2 is 2.13 bits per heavy atom. The Kier molecular flexibility index (Phi) is 3.38. The van der Waals surface area contributed by atoms with Gasteiger partial charge >= 0.3 is 0 Å². The van der Waals surface area contributed by atoms with Crippen LogP contribution in [0.5, 0.6) is 0 Å². The minimum absolute atomic E-state index is 0.0816. The van der Waals surface area contributed by atoms with Crippen molar-refractivity contribution < 1.29 is 8.42 Å². The number of aromatic amines is 2. The zero-order valence-electron chi connectivity index (χ0n) is 12.3. The highest BCUT2D eigenvalue weighted by molar-refractivity contribution is 7.89. The number of rotatable bonds is 3. The predicted octanol–water partition coefficient (Wildman–Crippen LogP) is 1.25. The van der Waals surface area contributed by atoms with Crippen LogP contribution in [0.15, 0.2) is 35.6 Å². The lowest BCUT2D eigenvalue weighted by Gasteiger charge is -2.31. The molecular weight excluding hydrogens is 316 g/mol. The molecule has 1 saturated heterocycles. The highest BCUT2D eigenvalue weighted by atomic mass is 32.2. The van der Waals surface area contributed by atoms with Gasteiger partial charge in [0.2, 0.25) is 10.0 Å². The van der Waals surface area contributed by atoms with Crippen molar-refractivity contribution in [1.82, 2.24) is 29.7 Å². The lowest BCUT2D eigenvalue weighted by atomic mass is 9.95. The molecule has 1 atom stereocenters. The largest absolute Gasteiger partial charge is 0.284 e. The second-order valence-electron chi connectivity index (χ2n) is 5.68. The van der Waals surface area contributed by atoms with Crippen LogP contribution in [0, 0.1) is 0 Å². The van der Waals surface area contributed by atoms with E-state index in [4.69, 9.17) is 0 Å². The van der Waals surface area contributed by atoms with Crippen molar-refractivity contribution in [1.29, 1.82) is 0 Å². The van der Waals surface area contributed by atoms with Crippen LogP contribution in [-0.2, 0) is 10.0 Å². The first-order valence-corrected chi connectivity index (χ1v) is 8.87. The molecule has 9 heteroatoms. The van der Waals surface area contributed by atoms with Gasteiger partial charge in [-0.05, 0) is 25.0 Å². The normalized spacial score (nSPS) is 20.1. The molecule has 0 bridgehead atoms. The van der Waals surface area contributed by atoms with Gasteiger partial charge in [0.15, 0.2) is 5.65 Å². The standard InChI is InChI=1S/C14H16N6O2S/c21-23(22,12-7-15-16-8-12)20-5-1-2-11(9-20)13-4-3-10-6-17-19-14(10)18-13/h3-4,6-8,11H,1-2,5,9H2,(H,15,16)(H,17,18,19)/t11-/m0/s1. The van der Waals surface area contributed by atoms with Crippen LogP contribution in [-0.4, -0.2) is 51.2 Å². The van der Waals surface area contributed by atoms with Crippen molar-refractivity contribution in [3.63, 3.8) is 0 Å². The van der Waals surface area contributed by atoms with E-state index >= 15 is 0 Å². The van der Waals surface area contributed by atoms with Crippen LogP contribution >= 0.6 is 0 Å². The van der Waals surface area contributed by atoms with Crippen LogP contribution in [0.3, 0.4) is 0 Å². The molecule has 0 radical (unpaired) electrons. The van der Waals surface area contributed by atoms with Crippen LogP contribution in [0.2, 0.25) is 0 Å². The Labute approximate surface area is 133 Å². The highest BCUT2D eigenvalue weighted by Crippen LogP contribution is 2.29. The van der Waals surface area contributed by atoms with E-state index in [0.717, 1.165) is 29.6 Å². The molecule has 3 aromatic rings. The third-order valence-electron chi connectivity index (χ3n) is 4.24. The Morgan fingerprint density at radius 1 is 1.22 bits per heavy atom. The predicted molar refractivity (Wildman–Crippen MR) is 83.2 cm³/mol. The fraction of sp³-hybridized carbons (Fsp3) is 0.357. The summed E-state index contributed by atoms with van der Waals surface area (Å²) >= 11 is 0. The number of piperidine rings is 1. The molecule has 4 heterocycles. The van der Waals surface area contributed by atoms with Gasteiger partial charge in [0.25, 0.3) is 0 Å². The van der Waals surface area contributed by atoms with E-state index in [1.165, 1.54) is 16.7 Å². The molecule has 1 aliphatic heterocycles. The summed E-state index contributed by atoms with van der Waals surface area (Å²) in [4.78, 5) is 4.78. The molecule has 0 amide bonds. The monoisotopic (exact) mass is 332 g/mol. The van der Waals surface area contributed by atoms with Crippen molar-refractivity contribution in [2.24, 2.45) is 0 Å². The summed E-state index contributed by atoms with van der Waals surface area (Å²) in [5.41, 5.74) is 1.63. The first-order valence-electron chi connectivity index (χ1n) is 7.43. The average Bonchev–Trinajstić information content (AvgIpc) is 3.26. The van der Waals surface area contributed by atoms with Crippen molar-refractivity contribution >= 4 is 21.1 Å². The summed E-state index contributed by atoms with van der Waals surface area (Å²) in [6, 6.07) is 3.92. The number of aromatic nitrogens is 5. The van der Waals surface area contributed by atoms with Crippen molar-refractivity contribution in [2.45, 2.75) is 23.7 Å². The minimum Gasteiger partial charge on any atom is -0.284 e. The SMILES string of the molecule is O=S(=O)(c1cn[nH]c1)N1CCC[C@H](c2ccc3cn[nH]c3n2)C1. The van der Waals surface area contributed by atoms with Gasteiger partial charge in [0.05, 0.1) is 12.4 Å². The van der Waals surface area contributed by atoms with E-state index in [2.05, 4.69) is 25.4 Å². The smallest absolute Gasteiger partial charge is 0.246 e. The fourth-order valence-electron chi connectivity index (χ4n) is 3.00. The Hall–Kier alpha value is -2.26. The van der Waals surface area contributed by atoms with Gasteiger partial charge in [-0.15, -0.1) is 0 Å². The van der Waals surface area contributed by atoms with Gasteiger partial charge in [-0.2, -0.15) is 14.5 Å². The summed E-state index contributed by atoms with van der Waals surface area (Å²) in [6.45, 7) is 0.955. The first-order chi connectivity index (χ1) is 11.1. The first kappa shape index (κ1) is 14.3. The lowest BCUT2D eigenvalue weighted by Crippen LogP contribution is -2.39. The Balaban J connectivity index is 1.61. The number of fused-ring (bicyclic) bond motifs is 1. The third kappa shape index (κ3) is 2.51. The molecule has 0 saturated carbocycles. The zero-order valence-corrected chi connectivity index (χ0v) is 13.1. The number of sulfonamides is 1. The summed E-state index contributed by atoms with van der Waals surface area (Å²) in [5.74, 6) is 0.0816. The average molecular weight is 332 g/mol. The number of hydrogen-bond acceptors (Lipinski definition) is 5. The van der Waals surface area contributed by atoms with Gasteiger partial charge < -0.3 is 0 Å². The maximum absolute atomic E-state index is 12.6. The van der Waals surface area contributed by atoms with Crippen LogP contribution < -0.4 is 0 Å². The van der Waals surface area contributed by atoms with E-state index in [1.807, 2.05) is 12.1 Å². The van der Waals surface area contributed by atoms with Gasteiger partial charge in [0.1, 0.15) is 4.90 Å². The summed E-state index contributed by atoms with van der Waals surface area (Å²) < 4.78 is 26.8. The van der Waals surface area contributed by atoms with Gasteiger partial charge in [-0.25, -0.2) is 13.4 Å². The molecule has 4 rings (SSSR count). The number of hydrogen-bond donors (Lipinski definition) is 2. The quantitative estimate of drug-likeness (QED) is 0.750. The molecule has 120 valence electrons. The zero-order chi connectivity index (χ0) is 15.9. The van der Waals surface area contributed by atoms with E-state index in [-0.39, 0.29) is 10.8 Å². The topological polar surface area (TPSA) is 108 Å². The molecule has 1 fully saturated rings. The third-order valence-corrected chi connectivity index (χ3v) is 6.07. The molecule has 0 aliphatic carbocycles. The Morgan fingerprint density at radius 3 is 2.96 bits per heavy atom. The van der Waals surface area contributed by atoms with E-state index in [9.17, 15) is 8.42 Å². The number of nitrogens with one attached hydrogen (secondary N) is 2. The van der Waals surface area contributed by atoms with Gasteiger partial charge in [-0.1, -0.05) is 0 Å². The van der Waals surface area contributed by atoms with Crippen molar-refractivity contribution in [3.05, 3.63) is 36.4 Å². The minimum atomic E-state index is -3.50. The Bertz CT molecular complexity index is 918. The van der Waals surface area contributed by atoms with Crippen LogP contribution in [0.25, 0.3) is 11.0 Å². The molecule has 2 N–H and O–H groups in total. The summed E-state index contributed by atoms with van der Waals surface area (Å²) in [7, 11) is -3.50. The second kappa shape index (κ2) is 5.43. The molecule has 0 unspecified atom stereocenters. The van der Waals surface area contributed by atoms with E-state index in [1.54, 1.807) is 6.20 Å². The second-order valence-corrected chi connectivity index (χ2v) is 7.62. The van der Waals surface area contributed by atoms with Crippen LogP contribution in [0.4, 0.5) is 0 Å². The van der Waals surface area contributed by atoms with Crippen LogP contribution in [0.1, 0.15) is 24.5 Å². The van der Waals surface area contributed by atoms with E-state index < -0.39 is 10.0 Å². The molecule has 0 aromatic carbocycles. The summed E-state index contributed by atoms with van der Waals surface area (Å²) in [5, 5.41) is 14.1. The molecule has 1 aliphatic rings. The number of nitrogens with zero attached hydrogens (tertiary/aromatic N) is 4. The number of pyridine rings is 1. The number of H-pyrrole nitrogens is 2. The molecule has 23 heavy (non-hydrogen) atoms. The van der Waals surface area contributed by atoms with Gasteiger partial charge in [-0.3, -0.25) is 10.2 Å². The summed E-state index contributed by atoms with van der Waals surface area (Å²) in [6.07, 6.45) is 6.21. The van der Waals surface area contributed by atoms with Gasteiger partial charge in [0, 0.05) is 36.3 Å². The molecule has 8 nitrogen and oxygen atoms in total. The highest BCUT2D eigenvalue weighted by Gasteiger charge is 2.32. The molecular formula is C14H16N6O2S. The maximum atomic E-state index is 12.6. The van der Waals surface area contributed by atoms with Crippen molar-refractivity contribution in [2.75, 3.05) is 13.1 Å². The molecule has 0 spiro atoms. The fourth-order valence-corrected chi connectivity index (χ4v) is 4.43.